The van der Waals surface area contributed by atoms with Crippen molar-refractivity contribution in [3.63, 3.8) is 0 Å². The Morgan fingerprint density at radius 2 is 2.18 bits per heavy atom. The van der Waals surface area contributed by atoms with Crippen molar-refractivity contribution in [2.75, 3.05) is 13.6 Å². The molecule has 5 rings (SSSR count). The second-order valence-electron chi connectivity index (χ2n) is 7.39. The second-order valence-corrected chi connectivity index (χ2v) is 7.39. The Labute approximate surface area is 130 Å². The van der Waals surface area contributed by atoms with Crippen LogP contribution in [-0.2, 0) is 11.8 Å². The molecule has 0 radical (unpaired) electrons. The highest BCUT2D eigenvalue weighted by atomic mass is 16.5. The molecule has 1 fully saturated rings. The first-order valence-electron chi connectivity index (χ1n) is 8.13. The van der Waals surface area contributed by atoms with E-state index in [0.29, 0.717) is 17.7 Å². The van der Waals surface area contributed by atoms with Crippen molar-refractivity contribution in [1.29, 1.82) is 0 Å². The van der Waals surface area contributed by atoms with E-state index in [1.54, 1.807) is 0 Å². The number of aryl methyl sites for hydroxylation is 1. The number of likely N-dealkylation sites (tertiary alicyclic amines) is 1. The van der Waals surface area contributed by atoms with Crippen LogP contribution in [0.25, 0.3) is 0 Å². The highest BCUT2D eigenvalue weighted by molar-refractivity contribution is 5.64. The van der Waals surface area contributed by atoms with Crippen LogP contribution in [0.3, 0.4) is 0 Å². The minimum atomic E-state index is -0.599. The molecule has 2 aliphatic carbocycles. The number of aromatic hydroxyl groups is 1. The average molecular weight is 299 g/mol. The summed E-state index contributed by atoms with van der Waals surface area (Å²) < 4.78 is 6.17. The van der Waals surface area contributed by atoms with Gasteiger partial charge in [-0.25, -0.2) is 0 Å². The molecule has 22 heavy (non-hydrogen) atoms. The monoisotopic (exact) mass is 299 g/mol. The first kappa shape index (κ1) is 13.0. The van der Waals surface area contributed by atoms with Crippen LogP contribution in [0, 0.1) is 12.8 Å². The number of nitrogens with zero attached hydrogens (tertiary/aromatic N) is 1. The third-order valence-electron chi connectivity index (χ3n) is 6.45. The molecule has 116 valence electrons. The summed E-state index contributed by atoms with van der Waals surface area (Å²) in [4.78, 5) is 2.44. The van der Waals surface area contributed by atoms with Crippen LogP contribution in [0.4, 0.5) is 0 Å². The fraction of sp³-hybridized carbons (Fsp3) is 0.556. The third kappa shape index (κ3) is 1.24. The van der Waals surface area contributed by atoms with Crippen LogP contribution in [0.5, 0.6) is 11.5 Å². The number of rotatable bonds is 0. The molecule has 1 aromatic rings. The van der Waals surface area contributed by atoms with Crippen LogP contribution in [0.2, 0.25) is 0 Å². The molecule has 0 unspecified atom stereocenters. The van der Waals surface area contributed by atoms with Gasteiger partial charge in [-0.2, -0.15) is 0 Å². The summed E-state index contributed by atoms with van der Waals surface area (Å²) in [6, 6.07) is 2.57. The molecule has 2 N–H and O–H groups in total. The average Bonchev–Trinajstić information content (AvgIpc) is 2.84. The first-order valence-corrected chi connectivity index (χ1v) is 8.13. The molecule has 2 bridgehead atoms. The predicted molar refractivity (Wildman–Crippen MR) is 82.3 cm³/mol. The maximum atomic E-state index is 10.5. The number of hydrogen-bond acceptors (Lipinski definition) is 4. The Bertz CT molecular complexity index is 713. The number of benzene rings is 1. The highest BCUT2D eigenvalue weighted by Gasteiger charge is 2.64. The third-order valence-corrected chi connectivity index (χ3v) is 6.45. The van der Waals surface area contributed by atoms with Crippen LogP contribution >= 0.6 is 0 Å². The Morgan fingerprint density at radius 1 is 1.36 bits per heavy atom. The molecule has 0 amide bonds. The normalized spacial score (nSPS) is 41.2. The molecule has 4 aliphatic rings. The molecule has 4 nitrogen and oxygen atoms in total. The summed E-state index contributed by atoms with van der Waals surface area (Å²) in [6.45, 7) is 2.94. The van der Waals surface area contributed by atoms with Gasteiger partial charge in [0, 0.05) is 22.9 Å². The number of aliphatic hydroxyl groups excluding tert-OH is 1. The van der Waals surface area contributed by atoms with Gasteiger partial charge in [0.2, 0.25) is 0 Å². The van der Waals surface area contributed by atoms with Crippen molar-refractivity contribution in [3.05, 3.63) is 34.9 Å². The van der Waals surface area contributed by atoms with E-state index in [1.807, 2.05) is 13.0 Å². The minimum absolute atomic E-state index is 0.167. The molecule has 2 aliphatic heterocycles. The first-order chi connectivity index (χ1) is 10.5. The minimum Gasteiger partial charge on any atom is -0.504 e. The SMILES string of the molecule is Cc1cc2c3c(c1O)O[C@H]1[C@@H](O)C=C[C@H]4[C@@H](C2)N(C)CC[C@@]341. The largest absolute Gasteiger partial charge is 0.504 e. The number of phenolic OH excluding ortho intramolecular Hbond substituents is 1. The quantitative estimate of drug-likeness (QED) is 0.713. The summed E-state index contributed by atoms with van der Waals surface area (Å²) in [5.41, 5.74) is 3.17. The highest BCUT2D eigenvalue weighted by Crippen LogP contribution is 2.62. The fourth-order valence-electron chi connectivity index (χ4n) is 5.46. The van der Waals surface area contributed by atoms with Gasteiger partial charge in [0.1, 0.15) is 12.2 Å². The Balaban J connectivity index is 1.85. The molecular formula is C18H21NO3. The molecule has 1 spiro atoms. The van der Waals surface area contributed by atoms with Gasteiger partial charge in [-0.05, 0) is 44.5 Å². The zero-order chi connectivity index (χ0) is 15.2. The van der Waals surface area contributed by atoms with E-state index in [0.717, 1.165) is 24.9 Å². The van der Waals surface area contributed by atoms with Gasteiger partial charge in [0.15, 0.2) is 11.5 Å². The van der Waals surface area contributed by atoms with Crippen molar-refractivity contribution < 1.29 is 14.9 Å². The lowest BCUT2D eigenvalue weighted by Crippen LogP contribution is -2.64. The van der Waals surface area contributed by atoms with Gasteiger partial charge in [-0.1, -0.05) is 18.2 Å². The lowest BCUT2D eigenvalue weighted by Gasteiger charge is -2.56. The lowest BCUT2D eigenvalue weighted by atomic mass is 9.53. The van der Waals surface area contributed by atoms with Crippen LogP contribution in [-0.4, -0.2) is 47.0 Å². The topological polar surface area (TPSA) is 52.9 Å². The number of phenols is 1. The molecule has 1 aromatic carbocycles. The van der Waals surface area contributed by atoms with Crippen LogP contribution in [0.1, 0.15) is 23.1 Å². The molecule has 1 saturated heterocycles. The van der Waals surface area contributed by atoms with Crippen molar-refractivity contribution in [2.24, 2.45) is 5.92 Å². The summed E-state index contributed by atoms with van der Waals surface area (Å²) in [5, 5.41) is 21.0. The van der Waals surface area contributed by atoms with Gasteiger partial charge in [0.25, 0.3) is 0 Å². The van der Waals surface area contributed by atoms with Gasteiger partial charge < -0.3 is 19.8 Å². The molecule has 0 saturated carbocycles. The molecular weight excluding hydrogens is 278 g/mol. The Morgan fingerprint density at radius 3 is 3.00 bits per heavy atom. The van der Waals surface area contributed by atoms with Crippen LogP contribution in [0.15, 0.2) is 18.2 Å². The van der Waals surface area contributed by atoms with E-state index in [9.17, 15) is 10.2 Å². The number of ether oxygens (including phenoxy) is 1. The summed E-state index contributed by atoms with van der Waals surface area (Å²) in [6.07, 6.45) is 5.18. The summed E-state index contributed by atoms with van der Waals surface area (Å²) in [5.74, 6) is 1.25. The fourth-order valence-corrected chi connectivity index (χ4v) is 5.46. The van der Waals surface area contributed by atoms with Crippen molar-refractivity contribution >= 4 is 0 Å². The van der Waals surface area contributed by atoms with Gasteiger partial charge in [0.05, 0.1) is 0 Å². The van der Waals surface area contributed by atoms with Crippen LogP contribution < -0.4 is 4.74 Å². The smallest absolute Gasteiger partial charge is 0.166 e. The maximum Gasteiger partial charge on any atom is 0.166 e. The number of likely N-dealkylation sites (N-methyl/N-ethyl adjacent to an activating group) is 1. The van der Waals surface area contributed by atoms with Gasteiger partial charge in [-0.15, -0.1) is 0 Å². The number of piperidine rings is 1. The van der Waals surface area contributed by atoms with E-state index in [-0.39, 0.29) is 17.3 Å². The van der Waals surface area contributed by atoms with Gasteiger partial charge >= 0.3 is 0 Å². The standard InChI is InChI=1S/C18H21NO3/c1-9-7-10-8-12-11-3-4-13(20)17-18(11,5-6-19(12)2)14(10)16(22-17)15(9)21/h3-4,7,11-13,17,20-21H,5-6,8H2,1-2H3/t11-,12+,13-,17-,18-/m0/s1. The van der Waals surface area contributed by atoms with Crippen molar-refractivity contribution in [2.45, 2.75) is 43.4 Å². The Kier molecular flexibility index (Phi) is 2.28. The van der Waals surface area contributed by atoms with Crippen molar-refractivity contribution in [3.8, 4) is 11.5 Å². The maximum absolute atomic E-state index is 10.5. The van der Waals surface area contributed by atoms with E-state index in [4.69, 9.17) is 4.74 Å². The Hall–Kier alpha value is -1.52. The summed E-state index contributed by atoms with van der Waals surface area (Å²) >= 11 is 0. The van der Waals surface area contributed by atoms with E-state index in [1.165, 1.54) is 11.1 Å². The second kappa shape index (κ2) is 3.87. The lowest BCUT2D eigenvalue weighted by molar-refractivity contribution is -0.0453. The molecule has 2 heterocycles. The zero-order valence-electron chi connectivity index (χ0n) is 12.9. The molecule has 5 atom stereocenters. The van der Waals surface area contributed by atoms with Crippen molar-refractivity contribution in [1.82, 2.24) is 4.90 Å². The van der Waals surface area contributed by atoms with E-state index >= 15 is 0 Å². The summed E-state index contributed by atoms with van der Waals surface area (Å²) in [7, 11) is 2.19. The molecule has 0 aromatic heterocycles. The zero-order valence-corrected chi connectivity index (χ0v) is 12.9. The van der Waals surface area contributed by atoms with E-state index in [2.05, 4.69) is 24.1 Å². The number of hydrogen-bond donors (Lipinski definition) is 2. The van der Waals surface area contributed by atoms with E-state index < -0.39 is 6.10 Å². The molecule has 4 heteroatoms. The number of aliphatic hydroxyl groups is 1. The van der Waals surface area contributed by atoms with Gasteiger partial charge in [-0.3, -0.25) is 0 Å². The predicted octanol–water partition coefficient (Wildman–Crippen LogP) is 1.51.